The van der Waals surface area contributed by atoms with E-state index in [0.29, 0.717) is 5.92 Å². The van der Waals surface area contributed by atoms with E-state index in [2.05, 4.69) is 28.3 Å². The Balaban J connectivity index is 2.50. The molecule has 0 aliphatic heterocycles. The molecule has 0 aliphatic rings. The number of carbonyl (C=O) groups excluding carboxylic acids is 2. The fourth-order valence-electron chi connectivity index (χ4n) is 1.60. The number of methoxy groups -OCH3 is 1. The molecule has 0 saturated carbocycles. The van der Waals surface area contributed by atoms with Crippen LogP contribution in [0, 0.1) is 5.92 Å². The van der Waals surface area contributed by atoms with Crippen molar-refractivity contribution in [2.24, 2.45) is 5.92 Å². The van der Waals surface area contributed by atoms with Crippen molar-refractivity contribution in [1.29, 1.82) is 0 Å². The van der Waals surface area contributed by atoms with Crippen LogP contribution in [0.15, 0.2) is 6.07 Å². The van der Waals surface area contributed by atoms with Crippen LogP contribution >= 0.6 is 11.5 Å². The van der Waals surface area contributed by atoms with E-state index in [-0.39, 0.29) is 12.5 Å². The number of carbonyl (C=O) groups is 2. The molecule has 7 heteroatoms. The van der Waals surface area contributed by atoms with Crippen LogP contribution in [0.3, 0.4) is 0 Å². The fraction of sp³-hybridized carbons (Fsp3) is 0.643. The van der Waals surface area contributed by atoms with Gasteiger partial charge in [-0.15, -0.1) is 0 Å². The van der Waals surface area contributed by atoms with Crippen LogP contribution in [0.4, 0.5) is 4.79 Å². The largest absolute Gasteiger partial charge is 0.467 e. The molecule has 6 nitrogen and oxygen atoms in total. The predicted octanol–water partition coefficient (Wildman–Crippen LogP) is 2.69. The van der Waals surface area contributed by atoms with Gasteiger partial charge in [0.05, 0.1) is 17.7 Å². The van der Waals surface area contributed by atoms with Gasteiger partial charge < -0.3 is 14.8 Å². The van der Waals surface area contributed by atoms with Crippen molar-refractivity contribution >= 4 is 23.6 Å². The quantitative estimate of drug-likeness (QED) is 0.817. The number of nitrogens with zero attached hydrogens (tertiary/aromatic N) is 1. The standard InChI is InChI=1S/C14H22N2O4S/c1-8(2)11-6-10(21-16-11)7-20-14(18)15-12(9(3)4)13(17)19-5/h6,8-9,12H,7H2,1-5H3,(H,15,18). The monoisotopic (exact) mass is 314 g/mol. The van der Waals surface area contributed by atoms with Gasteiger partial charge in [0.15, 0.2) is 0 Å². The van der Waals surface area contributed by atoms with E-state index < -0.39 is 18.1 Å². The number of amides is 1. The first-order valence-corrected chi connectivity index (χ1v) is 7.59. The van der Waals surface area contributed by atoms with Crippen LogP contribution in [-0.2, 0) is 20.9 Å². The van der Waals surface area contributed by atoms with Crippen molar-refractivity contribution < 1.29 is 19.1 Å². The van der Waals surface area contributed by atoms with Crippen molar-refractivity contribution in [3.8, 4) is 0 Å². The molecule has 0 saturated heterocycles. The van der Waals surface area contributed by atoms with E-state index in [9.17, 15) is 9.59 Å². The molecule has 1 rings (SSSR count). The zero-order valence-corrected chi connectivity index (χ0v) is 13.8. The molecule has 1 aromatic rings. The lowest BCUT2D eigenvalue weighted by Gasteiger charge is -2.19. The van der Waals surface area contributed by atoms with Crippen LogP contribution in [0.1, 0.15) is 44.2 Å². The summed E-state index contributed by atoms with van der Waals surface area (Å²) >= 11 is 1.31. The van der Waals surface area contributed by atoms with Crippen LogP contribution in [0.25, 0.3) is 0 Å². The minimum atomic E-state index is -0.713. The highest BCUT2D eigenvalue weighted by Gasteiger charge is 2.25. The Kier molecular flexibility index (Phi) is 6.61. The molecule has 1 N–H and O–H groups in total. The predicted molar refractivity (Wildman–Crippen MR) is 80.2 cm³/mol. The first kappa shape index (κ1) is 17.4. The first-order valence-electron chi connectivity index (χ1n) is 6.81. The Hall–Kier alpha value is -1.63. The lowest BCUT2D eigenvalue weighted by atomic mass is 10.1. The Bertz CT molecular complexity index is 485. The molecule has 1 amide bonds. The van der Waals surface area contributed by atoms with Gasteiger partial charge in [-0.1, -0.05) is 27.7 Å². The molecule has 118 valence electrons. The van der Waals surface area contributed by atoms with Gasteiger partial charge in [-0.3, -0.25) is 0 Å². The first-order chi connectivity index (χ1) is 9.85. The molecule has 1 unspecified atom stereocenters. The van der Waals surface area contributed by atoms with E-state index in [4.69, 9.17) is 4.74 Å². The number of esters is 1. The van der Waals surface area contributed by atoms with Crippen molar-refractivity contribution in [2.75, 3.05) is 7.11 Å². The van der Waals surface area contributed by atoms with Gasteiger partial charge in [-0.05, 0) is 29.4 Å². The molecule has 0 bridgehead atoms. The second kappa shape index (κ2) is 7.97. The molecule has 1 aromatic heterocycles. The number of alkyl carbamates (subject to hydrolysis) is 1. The third-order valence-corrected chi connectivity index (χ3v) is 3.68. The van der Waals surface area contributed by atoms with Crippen molar-refractivity contribution in [1.82, 2.24) is 9.69 Å². The summed E-state index contributed by atoms with van der Waals surface area (Å²) in [5.41, 5.74) is 0.980. The maximum atomic E-state index is 11.7. The molecular weight excluding hydrogens is 292 g/mol. The molecule has 21 heavy (non-hydrogen) atoms. The number of rotatable bonds is 6. The molecule has 0 fully saturated rings. The van der Waals surface area contributed by atoms with Crippen LogP contribution in [-0.4, -0.2) is 29.6 Å². The second-order valence-electron chi connectivity index (χ2n) is 5.34. The summed E-state index contributed by atoms with van der Waals surface area (Å²) in [5.74, 6) is -0.226. The van der Waals surface area contributed by atoms with E-state index in [0.717, 1.165) is 10.6 Å². The third kappa shape index (κ3) is 5.34. The highest BCUT2D eigenvalue weighted by molar-refractivity contribution is 7.05. The zero-order valence-electron chi connectivity index (χ0n) is 13.0. The second-order valence-corrected chi connectivity index (χ2v) is 6.23. The smallest absolute Gasteiger partial charge is 0.408 e. The van der Waals surface area contributed by atoms with Crippen LogP contribution < -0.4 is 5.32 Å². The Morgan fingerprint density at radius 2 is 2.00 bits per heavy atom. The van der Waals surface area contributed by atoms with E-state index >= 15 is 0 Å². The number of hydrogen-bond donors (Lipinski definition) is 1. The topological polar surface area (TPSA) is 77.5 Å². The summed E-state index contributed by atoms with van der Waals surface area (Å²) in [6.45, 7) is 7.88. The summed E-state index contributed by atoms with van der Waals surface area (Å²) in [6, 6.07) is 1.21. The lowest BCUT2D eigenvalue weighted by Crippen LogP contribution is -2.45. The van der Waals surface area contributed by atoms with Gasteiger partial charge in [-0.2, -0.15) is 4.37 Å². The van der Waals surface area contributed by atoms with Gasteiger partial charge in [0.1, 0.15) is 12.6 Å². The normalized spacial score (nSPS) is 12.3. The summed E-state index contributed by atoms with van der Waals surface area (Å²) in [7, 11) is 1.29. The Morgan fingerprint density at radius 1 is 1.33 bits per heavy atom. The van der Waals surface area contributed by atoms with Crippen LogP contribution in [0.2, 0.25) is 0 Å². The van der Waals surface area contributed by atoms with Crippen LogP contribution in [0.5, 0.6) is 0 Å². The minimum Gasteiger partial charge on any atom is -0.467 e. The zero-order chi connectivity index (χ0) is 16.0. The fourth-order valence-corrected chi connectivity index (χ4v) is 2.37. The van der Waals surface area contributed by atoms with Gasteiger partial charge in [0.2, 0.25) is 0 Å². The number of nitrogens with one attached hydrogen (secondary N) is 1. The van der Waals surface area contributed by atoms with Crippen molar-refractivity contribution in [3.63, 3.8) is 0 Å². The number of ether oxygens (including phenoxy) is 2. The Labute approximate surface area is 129 Å². The third-order valence-electron chi connectivity index (χ3n) is 2.91. The van der Waals surface area contributed by atoms with E-state index in [1.165, 1.54) is 18.6 Å². The molecule has 0 aliphatic carbocycles. The summed E-state index contributed by atoms with van der Waals surface area (Å²) in [6.07, 6.45) is -0.640. The molecule has 0 aromatic carbocycles. The summed E-state index contributed by atoms with van der Waals surface area (Å²) in [4.78, 5) is 24.1. The van der Waals surface area contributed by atoms with Gasteiger partial charge in [0, 0.05) is 0 Å². The molecule has 1 heterocycles. The van der Waals surface area contributed by atoms with Crippen molar-refractivity contribution in [2.45, 2.75) is 46.3 Å². The summed E-state index contributed by atoms with van der Waals surface area (Å²) < 4.78 is 14.0. The maximum absolute atomic E-state index is 11.7. The maximum Gasteiger partial charge on any atom is 0.408 e. The van der Waals surface area contributed by atoms with Gasteiger partial charge >= 0.3 is 12.1 Å². The Morgan fingerprint density at radius 3 is 2.48 bits per heavy atom. The van der Waals surface area contributed by atoms with Gasteiger partial charge in [0.25, 0.3) is 0 Å². The molecular formula is C14H22N2O4S. The van der Waals surface area contributed by atoms with E-state index in [1.807, 2.05) is 19.9 Å². The molecule has 0 spiro atoms. The SMILES string of the molecule is COC(=O)C(NC(=O)OCc1cc(C(C)C)ns1)C(C)C. The van der Waals surface area contributed by atoms with E-state index in [1.54, 1.807) is 0 Å². The number of hydrogen-bond acceptors (Lipinski definition) is 6. The summed E-state index contributed by atoms with van der Waals surface area (Å²) in [5, 5.41) is 2.52. The number of aromatic nitrogens is 1. The van der Waals surface area contributed by atoms with Crippen molar-refractivity contribution in [3.05, 3.63) is 16.6 Å². The van der Waals surface area contributed by atoms with Gasteiger partial charge in [-0.25, -0.2) is 9.59 Å². The lowest BCUT2D eigenvalue weighted by molar-refractivity contribution is -0.144. The average molecular weight is 314 g/mol. The highest BCUT2D eigenvalue weighted by atomic mass is 32.1. The highest BCUT2D eigenvalue weighted by Crippen LogP contribution is 2.18. The average Bonchev–Trinajstić information content (AvgIpc) is 2.90. The minimum absolute atomic E-state index is 0.0825. The molecule has 1 atom stereocenters. The molecule has 0 radical (unpaired) electrons.